The molecule has 0 bridgehead atoms. The number of nitrogens with one attached hydrogen (secondary N) is 1. The first-order valence-corrected chi connectivity index (χ1v) is 3.39. The number of ether oxygens (including phenoxy) is 1. The second kappa shape index (κ2) is 6.14. The Morgan fingerprint density at radius 1 is 1.75 bits per heavy atom. The SMILES string of the molecule is CCOC(CC=O)=NNC(N)=O. The lowest BCUT2D eigenvalue weighted by Crippen LogP contribution is -2.26. The molecule has 0 spiro atoms. The maximum atomic E-state index is 10.2. The van der Waals surface area contributed by atoms with Gasteiger partial charge in [-0.1, -0.05) is 0 Å². The molecule has 68 valence electrons. The fourth-order valence-electron chi connectivity index (χ4n) is 0.492. The lowest BCUT2D eigenvalue weighted by molar-refractivity contribution is -0.107. The number of urea groups is 1. The number of hydrogen-bond donors (Lipinski definition) is 2. The van der Waals surface area contributed by atoms with Gasteiger partial charge in [-0.05, 0) is 6.92 Å². The van der Waals surface area contributed by atoms with E-state index in [1.54, 1.807) is 6.92 Å². The summed E-state index contributed by atoms with van der Waals surface area (Å²) in [6.45, 7) is 2.12. The fraction of sp³-hybridized carbons (Fsp3) is 0.500. The molecule has 3 N–H and O–H groups in total. The van der Waals surface area contributed by atoms with Gasteiger partial charge in [0.25, 0.3) is 0 Å². The van der Waals surface area contributed by atoms with Crippen LogP contribution >= 0.6 is 0 Å². The zero-order valence-electron chi connectivity index (χ0n) is 6.74. The van der Waals surface area contributed by atoms with Crippen LogP contribution in [-0.4, -0.2) is 24.8 Å². The van der Waals surface area contributed by atoms with Crippen LogP contribution in [0.5, 0.6) is 0 Å². The van der Waals surface area contributed by atoms with Crippen molar-refractivity contribution in [2.75, 3.05) is 6.61 Å². The lowest BCUT2D eigenvalue weighted by Gasteiger charge is -2.02. The van der Waals surface area contributed by atoms with Crippen molar-refractivity contribution in [3.8, 4) is 0 Å². The predicted octanol–water partition coefficient (Wildman–Crippen LogP) is -0.406. The Morgan fingerprint density at radius 3 is 2.83 bits per heavy atom. The first kappa shape index (κ1) is 10.4. The van der Waals surface area contributed by atoms with E-state index in [0.717, 1.165) is 0 Å². The van der Waals surface area contributed by atoms with Gasteiger partial charge < -0.3 is 15.3 Å². The minimum atomic E-state index is -0.793. The molecule has 2 amide bonds. The number of carbonyl (C=O) groups is 2. The number of carbonyl (C=O) groups excluding carboxylic acids is 2. The Labute approximate surface area is 69.8 Å². The lowest BCUT2D eigenvalue weighted by atomic mass is 10.5. The number of hydrogen-bond acceptors (Lipinski definition) is 4. The molecule has 0 saturated carbocycles. The number of aldehydes is 1. The Morgan fingerprint density at radius 2 is 2.42 bits per heavy atom. The predicted molar refractivity (Wildman–Crippen MR) is 42.5 cm³/mol. The van der Waals surface area contributed by atoms with Crippen LogP contribution in [-0.2, 0) is 9.53 Å². The van der Waals surface area contributed by atoms with E-state index < -0.39 is 6.03 Å². The summed E-state index contributed by atoms with van der Waals surface area (Å²) in [7, 11) is 0. The minimum absolute atomic E-state index is 0.0219. The monoisotopic (exact) mass is 173 g/mol. The van der Waals surface area contributed by atoms with Crippen LogP contribution in [0, 0.1) is 0 Å². The van der Waals surface area contributed by atoms with E-state index >= 15 is 0 Å². The largest absolute Gasteiger partial charge is 0.480 e. The number of rotatable bonds is 4. The van der Waals surface area contributed by atoms with Gasteiger partial charge in [-0.15, -0.1) is 5.10 Å². The van der Waals surface area contributed by atoms with Crippen LogP contribution in [0.25, 0.3) is 0 Å². The molecule has 0 fully saturated rings. The van der Waals surface area contributed by atoms with Gasteiger partial charge in [0.1, 0.15) is 6.29 Å². The topological polar surface area (TPSA) is 93.8 Å². The number of primary amides is 1. The molecule has 6 nitrogen and oxygen atoms in total. The molecule has 0 saturated heterocycles. The quantitative estimate of drug-likeness (QED) is 0.262. The third kappa shape index (κ3) is 5.21. The van der Waals surface area contributed by atoms with Crippen molar-refractivity contribution >= 4 is 18.2 Å². The molecular weight excluding hydrogens is 162 g/mol. The van der Waals surface area contributed by atoms with Crippen molar-refractivity contribution in [3.63, 3.8) is 0 Å². The molecule has 0 radical (unpaired) electrons. The maximum absolute atomic E-state index is 10.2. The highest BCUT2D eigenvalue weighted by molar-refractivity contribution is 5.88. The first-order chi connectivity index (χ1) is 5.70. The molecule has 0 aliphatic heterocycles. The molecule has 0 aliphatic carbocycles. The standard InChI is InChI=1S/C6H11N3O3/c1-2-12-5(3-4-10)8-9-6(7)11/h4H,2-3H2,1H3,(H3,7,9,11). The molecule has 0 aromatic heterocycles. The summed E-state index contributed by atoms with van der Waals surface area (Å²) in [4.78, 5) is 20.2. The van der Waals surface area contributed by atoms with Crippen LogP contribution < -0.4 is 11.2 Å². The summed E-state index contributed by atoms with van der Waals surface area (Å²) in [5.41, 5.74) is 6.69. The van der Waals surface area contributed by atoms with E-state index in [4.69, 9.17) is 10.5 Å². The van der Waals surface area contributed by atoms with E-state index in [0.29, 0.717) is 12.9 Å². The van der Waals surface area contributed by atoms with Gasteiger partial charge in [0.05, 0.1) is 13.0 Å². The van der Waals surface area contributed by atoms with E-state index in [1.165, 1.54) is 0 Å². The number of nitrogens with two attached hydrogens (primary N) is 1. The van der Waals surface area contributed by atoms with Gasteiger partial charge in [0, 0.05) is 0 Å². The zero-order chi connectivity index (χ0) is 9.40. The molecule has 0 heterocycles. The summed E-state index contributed by atoms with van der Waals surface area (Å²) in [6.07, 6.45) is 0.644. The second-order valence-corrected chi connectivity index (χ2v) is 1.79. The molecule has 6 heteroatoms. The Kier molecular flexibility index (Phi) is 5.33. The van der Waals surface area contributed by atoms with Gasteiger partial charge in [0.2, 0.25) is 5.90 Å². The van der Waals surface area contributed by atoms with Crippen LogP contribution in [0.2, 0.25) is 0 Å². The minimum Gasteiger partial charge on any atom is -0.480 e. The Balaban J connectivity index is 3.97. The van der Waals surface area contributed by atoms with Crippen molar-refractivity contribution < 1.29 is 14.3 Å². The van der Waals surface area contributed by atoms with Crippen LogP contribution in [0.1, 0.15) is 13.3 Å². The molecule has 0 rings (SSSR count). The van der Waals surface area contributed by atoms with Gasteiger partial charge in [-0.2, -0.15) is 0 Å². The normalized spacial score (nSPS) is 10.6. The molecular formula is C6H11N3O3. The molecule has 0 aromatic carbocycles. The Bertz CT molecular complexity index is 190. The average molecular weight is 173 g/mol. The number of hydrazone groups is 1. The molecule has 12 heavy (non-hydrogen) atoms. The van der Waals surface area contributed by atoms with Gasteiger partial charge in [0.15, 0.2) is 0 Å². The van der Waals surface area contributed by atoms with Crippen molar-refractivity contribution in [2.45, 2.75) is 13.3 Å². The summed E-state index contributed by atoms with van der Waals surface area (Å²) >= 11 is 0. The molecule has 0 aliphatic rings. The smallest absolute Gasteiger partial charge is 0.332 e. The van der Waals surface area contributed by atoms with E-state index in [-0.39, 0.29) is 12.3 Å². The van der Waals surface area contributed by atoms with Crippen LogP contribution in [0.3, 0.4) is 0 Å². The highest BCUT2D eigenvalue weighted by Crippen LogP contribution is 1.85. The highest BCUT2D eigenvalue weighted by atomic mass is 16.5. The molecule has 0 atom stereocenters. The average Bonchev–Trinajstić information content (AvgIpc) is 2.01. The Hall–Kier alpha value is -1.59. The van der Waals surface area contributed by atoms with Crippen molar-refractivity contribution in [3.05, 3.63) is 0 Å². The van der Waals surface area contributed by atoms with Crippen molar-refractivity contribution in [2.24, 2.45) is 10.8 Å². The third-order valence-electron chi connectivity index (χ3n) is 0.860. The summed E-state index contributed by atoms with van der Waals surface area (Å²) in [5, 5.41) is 3.44. The van der Waals surface area contributed by atoms with Crippen molar-refractivity contribution in [1.29, 1.82) is 0 Å². The zero-order valence-corrected chi connectivity index (χ0v) is 6.74. The summed E-state index contributed by atoms with van der Waals surface area (Å²) in [6, 6.07) is -0.793. The summed E-state index contributed by atoms with van der Waals surface area (Å²) < 4.78 is 4.88. The number of amides is 2. The van der Waals surface area contributed by atoms with Crippen LogP contribution in [0.4, 0.5) is 4.79 Å². The number of nitrogens with zero attached hydrogens (tertiary/aromatic N) is 1. The molecule has 0 aromatic rings. The fourth-order valence-corrected chi connectivity index (χ4v) is 0.492. The van der Waals surface area contributed by atoms with Gasteiger partial charge >= 0.3 is 6.03 Å². The van der Waals surface area contributed by atoms with Gasteiger partial charge in [-0.25, -0.2) is 10.2 Å². The van der Waals surface area contributed by atoms with E-state index in [2.05, 4.69) is 5.10 Å². The first-order valence-electron chi connectivity index (χ1n) is 3.39. The van der Waals surface area contributed by atoms with Crippen molar-refractivity contribution in [1.82, 2.24) is 5.43 Å². The van der Waals surface area contributed by atoms with E-state index in [9.17, 15) is 9.59 Å². The van der Waals surface area contributed by atoms with Gasteiger partial charge in [-0.3, -0.25) is 0 Å². The highest BCUT2D eigenvalue weighted by Gasteiger charge is 1.98. The van der Waals surface area contributed by atoms with Crippen LogP contribution in [0.15, 0.2) is 5.10 Å². The summed E-state index contributed by atoms with van der Waals surface area (Å²) in [5.74, 6) is 0.145. The van der Waals surface area contributed by atoms with E-state index in [1.807, 2.05) is 5.43 Å². The third-order valence-corrected chi connectivity index (χ3v) is 0.860. The maximum Gasteiger partial charge on any atom is 0.332 e. The molecule has 0 unspecified atom stereocenters. The second-order valence-electron chi connectivity index (χ2n) is 1.79.